The molecule has 0 saturated carbocycles. The standard InChI is InChI=1S/C8H16N2O3/c1-10(12-2)8(11)7-4-3-6(5-9)13-7/h6-7H,3-5,9H2,1-2H3. The number of likely N-dealkylation sites (N-methyl/N-ethyl adjacent to an activating group) is 1. The normalized spacial score (nSPS) is 27.6. The van der Waals surface area contributed by atoms with Gasteiger partial charge in [-0.1, -0.05) is 0 Å². The predicted octanol–water partition coefficient (Wildman–Crippen LogP) is -0.487. The summed E-state index contributed by atoms with van der Waals surface area (Å²) in [6.45, 7) is 0.473. The van der Waals surface area contributed by atoms with Crippen LogP contribution in [0.3, 0.4) is 0 Å². The van der Waals surface area contributed by atoms with Crippen molar-refractivity contribution in [1.82, 2.24) is 5.06 Å². The zero-order valence-corrected chi connectivity index (χ0v) is 8.03. The second-order valence-electron chi connectivity index (χ2n) is 3.08. The summed E-state index contributed by atoms with van der Waals surface area (Å²) >= 11 is 0. The van der Waals surface area contributed by atoms with Gasteiger partial charge in [0.05, 0.1) is 13.2 Å². The lowest BCUT2D eigenvalue weighted by molar-refractivity contribution is -0.179. The van der Waals surface area contributed by atoms with Crippen molar-refractivity contribution >= 4 is 5.91 Å². The maximum Gasteiger partial charge on any atom is 0.274 e. The first kappa shape index (κ1) is 10.4. The topological polar surface area (TPSA) is 64.8 Å². The zero-order valence-electron chi connectivity index (χ0n) is 8.03. The van der Waals surface area contributed by atoms with E-state index < -0.39 is 0 Å². The first-order valence-electron chi connectivity index (χ1n) is 4.36. The monoisotopic (exact) mass is 188 g/mol. The average molecular weight is 188 g/mol. The van der Waals surface area contributed by atoms with Gasteiger partial charge in [-0.25, -0.2) is 5.06 Å². The minimum Gasteiger partial charge on any atom is -0.364 e. The van der Waals surface area contributed by atoms with Crippen molar-refractivity contribution < 1.29 is 14.4 Å². The van der Waals surface area contributed by atoms with Gasteiger partial charge in [0.2, 0.25) is 0 Å². The molecule has 1 amide bonds. The molecule has 5 nitrogen and oxygen atoms in total. The van der Waals surface area contributed by atoms with Gasteiger partial charge in [-0.05, 0) is 12.8 Å². The summed E-state index contributed by atoms with van der Waals surface area (Å²) in [6, 6.07) is 0. The summed E-state index contributed by atoms with van der Waals surface area (Å²) in [5.41, 5.74) is 5.42. The van der Waals surface area contributed by atoms with Gasteiger partial charge in [0, 0.05) is 13.6 Å². The number of nitrogens with two attached hydrogens (primary N) is 1. The summed E-state index contributed by atoms with van der Waals surface area (Å²) < 4.78 is 5.40. The number of amides is 1. The molecule has 1 heterocycles. The predicted molar refractivity (Wildman–Crippen MR) is 46.7 cm³/mol. The van der Waals surface area contributed by atoms with Crippen LogP contribution in [-0.2, 0) is 14.4 Å². The Balaban J connectivity index is 2.41. The number of carbonyl (C=O) groups is 1. The van der Waals surface area contributed by atoms with E-state index in [4.69, 9.17) is 15.3 Å². The molecule has 2 unspecified atom stereocenters. The van der Waals surface area contributed by atoms with Crippen molar-refractivity contribution in [2.45, 2.75) is 25.0 Å². The number of rotatable bonds is 3. The van der Waals surface area contributed by atoms with E-state index in [9.17, 15) is 4.79 Å². The molecule has 5 heteroatoms. The Labute approximate surface area is 77.7 Å². The number of hydrogen-bond acceptors (Lipinski definition) is 4. The van der Waals surface area contributed by atoms with E-state index in [2.05, 4.69) is 0 Å². The van der Waals surface area contributed by atoms with Crippen molar-refractivity contribution in [2.75, 3.05) is 20.7 Å². The van der Waals surface area contributed by atoms with E-state index in [1.54, 1.807) is 7.05 Å². The second kappa shape index (κ2) is 4.55. The van der Waals surface area contributed by atoms with E-state index in [0.29, 0.717) is 6.54 Å². The maximum absolute atomic E-state index is 11.5. The van der Waals surface area contributed by atoms with Crippen LogP contribution in [0.4, 0.5) is 0 Å². The minimum atomic E-state index is -0.376. The van der Waals surface area contributed by atoms with Crippen molar-refractivity contribution in [1.29, 1.82) is 0 Å². The van der Waals surface area contributed by atoms with Crippen LogP contribution in [0.5, 0.6) is 0 Å². The molecular formula is C8H16N2O3. The highest BCUT2D eigenvalue weighted by Gasteiger charge is 2.31. The Hall–Kier alpha value is -0.650. The lowest BCUT2D eigenvalue weighted by Crippen LogP contribution is -2.36. The van der Waals surface area contributed by atoms with E-state index in [-0.39, 0.29) is 18.1 Å². The smallest absolute Gasteiger partial charge is 0.274 e. The van der Waals surface area contributed by atoms with E-state index in [0.717, 1.165) is 12.8 Å². The second-order valence-corrected chi connectivity index (χ2v) is 3.08. The molecule has 1 aliphatic heterocycles. The third-order valence-electron chi connectivity index (χ3n) is 2.23. The SMILES string of the molecule is CON(C)C(=O)C1CCC(CN)O1. The fraction of sp³-hybridized carbons (Fsp3) is 0.875. The molecule has 0 aromatic carbocycles. The van der Waals surface area contributed by atoms with E-state index in [1.807, 2.05) is 0 Å². The molecule has 0 aromatic heterocycles. The molecule has 13 heavy (non-hydrogen) atoms. The molecule has 1 saturated heterocycles. The number of nitrogens with zero attached hydrogens (tertiary/aromatic N) is 1. The van der Waals surface area contributed by atoms with Gasteiger partial charge in [-0.3, -0.25) is 9.63 Å². The first-order chi connectivity index (χ1) is 6.19. The fourth-order valence-corrected chi connectivity index (χ4v) is 1.35. The Morgan fingerprint density at radius 3 is 2.85 bits per heavy atom. The van der Waals surface area contributed by atoms with Gasteiger partial charge >= 0.3 is 0 Å². The molecule has 0 aromatic rings. The molecule has 0 radical (unpaired) electrons. The third kappa shape index (κ3) is 2.40. The highest BCUT2D eigenvalue weighted by molar-refractivity contribution is 5.79. The molecule has 0 spiro atoms. The molecule has 1 fully saturated rings. The lowest BCUT2D eigenvalue weighted by atomic mass is 10.2. The van der Waals surface area contributed by atoms with Crippen LogP contribution in [0, 0.1) is 0 Å². The molecule has 1 aliphatic rings. The number of hydrogen-bond donors (Lipinski definition) is 1. The van der Waals surface area contributed by atoms with Gasteiger partial charge in [-0.2, -0.15) is 0 Å². The lowest BCUT2D eigenvalue weighted by Gasteiger charge is -2.18. The van der Waals surface area contributed by atoms with Crippen LogP contribution < -0.4 is 5.73 Å². The van der Waals surface area contributed by atoms with Gasteiger partial charge in [0.25, 0.3) is 5.91 Å². The molecule has 0 aliphatic carbocycles. The molecule has 2 N–H and O–H groups in total. The Bertz CT molecular complexity index is 186. The number of carbonyl (C=O) groups excluding carboxylic acids is 1. The largest absolute Gasteiger partial charge is 0.364 e. The van der Waals surface area contributed by atoms with Gasteiger partial charge in [0.15, 0.2) is 0 Å². The maximum atomic E-state index is 11.5. The van der Waals surface area contributed by atoms with Crippen LogP contribution >= 0.6 is 0 Å². The molecule has 2 atom stereocenters. The van der Waals surface area contributed by atoms with Crippen molar-refractivity contribution in [3.8, 4) is 0 Å². The van der Waals surface area contributed by atoms with E-state index >= 15 is 0 Å². The van der Waals surface area contributed by atoms with Gasteiger partial charge in [-0.15, -0.1) is 0 Å². The Morgan fingerprint density at radius 2 is 2.38 bits per heavy atom. The third-order valence-corrected chi connectivity index (χ3v) is 2.23. The van der Waals surface area contributed by atoms with Crippen molar-refractivity contribution in [3.05, 3.63) is 0 Å². The van der Waals surface area contributed by atoms with Crippen molar-refractivity contribution in [2.24, 2.45) is 5.73 Å². The van der Waals surface area contributed by atoms with Crippen LogP contribution in [0.2, 0.25) is 0 Å². The van der Waals surface area contributed by atoms with E-state index in [1.165, 1.54) is 12.2 Å². The van der Waals surface area contributed by atoms with Crippen LogP contribution in [0.1, 0.15) is 12.8 Å². The first-order valence-corrected chi connectivity index (χ1v) is 4.36. The molecule has 76 valence electrons. The summed E-state index contributed by atoms with van der Waals surface area (Å²) in [4.78, 5) is 16.2. The average Bonchev–Trinajstić information content (AvgIpc) is 2.63. The quantitative estimate of drug-likeness (QED) is 0.607. The summed E-state index contributed by atoms with van der Waals surface area (Å²) in [5, 5.41) is 1.18. The Morgan fingerprint density at radius 1 is 1.69 bits per heavy atom. The van der Waals surface area contributed by atoms with Crippen LogP contribution in [0.25, 0.3) is 0 Å². The minimum absolute atomic E-state index is 0.0270. The fourth-order valence-electron chi connectivity index (χ4n) is 1.35. The molecule has 0 bridgehead atoms. The summed E-state index contributed by atoms with van der Waals surface area (Å²) in [6.07, 6.45) is 1.23. The zero-order chi connectivity index (χ0) is 9.84. The number of ether oxygens (including phenoxy) is 1. The Kier molecular flexibility index (Phi) is 3.65. The highest BCUT2D eigenvalue weighted by Crippen LogP contribution is 2.20. The van der Waals surface area contributed by atoms with Crippen LogP contribution in [-0.4, -0.2) is 43.9 Å². The summed E-state index contributed by atoms with van der Waals surface area (Å²) in [7, 11) is 3.02. The summed E-state index contributed by atoms with van der Waals surface area (Å²) in [5.74, 6) is -0.140. The highest BCUT2D eigenvalue weighted by atomic mass is 16.7. The van der Waals surface area contributed by atoms with Gasteiger partial charge in [0.1, 0.15) is 6.10 Å². The van der Waals surface area contributed by atoms with Crippen LogP contribution in [0.15, 0.2) is 0 Å². The molecule has 1 rings (SSSR count). The molecular weight excluding hydrogens is 172 g/mol. The van der Waals surface area contributed by atoms with Crippen molar-refractivity contribution in [3.63, 3.8) is 0 Å². The van der Waals surface area contributed by atoms with Gasteiger partial charge < -0.3 is 10.5 Å². The number of hydroxylamine groups is 2.